The highest BCUT2D eigenvalue weighted by atomic mass is 35.5. The lowest BCUT2D eigenvalue weighted by atomic mass is 10.1. The van der Waals surface area contributed by atoms with Crippen molar-refractivity contribution in [3.05, 3.63) is 59.6 Å². The van der Waals surface area contributed by atoms with Crippen LogP contribution in [0.1, 0.15) is 6.42 Å². The zero-order valence-electron chi connectivity index (χ0n) is 21.7. The van der Waals surface area contributed by atoms with Crippen molar-refractivity contribution in [3.63, 3.8) is 0 Å². The first kappa shape index (κ1) is 26.7. The highest BCUT2D eigenvalue weighted by Gasteiger charge is 2.31. The van der Waals surface area contributed by atoms with E-state index >= 15 is 0 Å². The van der Waals surface area contributed by atoms with Gasteiger partial charge in [0, 0.05) is 55.7 Å². The molecule has 3 heterocycles. The standard InChI is InChI=1S/C28H31ClN6O4/c1-39-26-9-7-24(31-32-26)19-2-5-22(6-3-19)34-12-14-35(15-13-34)27(37)18-33-11-10-20(17-33)28(38)30-21-4-8-25(36)23(29)16-21/h2-9,16,20,36H,10-15,17-18H2,1H3,(H,30,38)/t20-/m1/s1. The first-order chi connectivity index (χ1) is 18.9. The highest BCUT2D eigenvalue weighted by Crippen LogP contribution is 2.27. The molecule has 204 valence electrons. The van der Waals surface area contributed by atoms with Gasteiger partial charge in [-0.1, -0.05) is 23.7 Å². The van der Waals surface area contributed by atoms with Gasteiger partial charge in [-0.25, -0.2) is 0 Å². The molecular formula is C28H31ClN6O4. The second-order valence-corrected chi connectivity index (χ2v) is 10.2. The van der Waals surface area contributed by atoms with Crippen molar-refractivity contribution >= 4 is 34.8 Å². The summed E-state index contributed by atoms with van der Waals surface area (Å²) in [6.45, 7) is 4.38. The van der Waals surface area contributed by atoms with Crippen LogP contribution in [0.25, 0.3) is 11.3 Å². The number of amides is 2. The molecule has 3 aromatic rings. The van der Waals surface area contributed by atoms with Crippen molar-refractivity contribution in [1.82, 2.24) is 20.0 Å². The lowest BCUT2D eigenvalue weighted by Crippen LogP contribution is -2.51. The van der Waals surface area contributed by atoms with Crippen molar-refractivity contribution in [2.24, 2.45) is 5.92 Å². The Morgan fingerprint density at radius 1 is 1.03 bits per heavy atom. The third-order valence-electron chi connectivity index (χ3n) is 7.23. The molecular weight excluding hydrogens is 520 g/mol. The minimum atomic E-state index is -0.200. The normalized spacial score (nSPS) is 17.7. The molecule has 10 nitrogen and oxygen atoms in total. The molecule has 39 heavy (non-hydrogen) atoms. The number of piperazine rings is 1. The van der Waals surface area contributed by atoms with Crippen LogP contribution < -0.4 is 15.0 Å². The summed E-state index contributed by atoms with van der Waals surface area (Å²) in [5, 5.41) is 20.8. The number of phenols is 1. The van der Waals surface area contributed by atoms with Gasteiger partial charge in [-0.2, -0.15) is 0 Å². The summed E-state index contributed by atoms with van der Waals surface area (Å²) in [5.74, 6) is 0.238. The maximum Gasteiger partial charge on any atom is 0.236 e. The quantitative estimate of drug-likeness (QED) is 0.432. The van der Waals surface area contributed by atoms with Gasteiger partial charge in [-0.15, -0.1) is 10.2 Å². The summed E-state index contributed by atoms with van der Waals surface area (Å²) in [4.78, 5) is 31.9. The lowest BCUT2D eigenvalue weighted by molar-refractivity contribution is -0.132. The van der Waals surface area contributed by atoms with Crippen LogP contribution in [0, 0.1) is 5.92 Å². The van der Waals surface area contributed by atoms with E-state index in [4.69, 9.17) is 16.3 Å². The Balaban J connectivity index is 1.07. The average Bonchev–Trinajstić information content (AvgIpc) is 3.44. The van der Waals surface area contributed by atoms with Crippen molar-refractivity contribution in [1.29, 1.82) is 0 Å². The van der Waals surface area contributed by atoms with E-state index < -0.39 is 0 Å². The molecule has 5 rings (SSSR count). The molecule has 0 saturated carbocycles. The predicted molar refractivity (Wildman–Crippen MR) is 149 cm³/mol. The average molecular weight is 551 g/mol. The third-order valence-corrected chi connectivity index (χ3v) is 7.53. The fourth-order valence-electron chi connectivity index (χ4n) is 4.95. The van der Waals surface area contributed by atoms with E-state index in [0.29, 0.717) is 50.7 Å². The topological polar surface area (TPSA) is 111 Å². The number of benzene rings is 2. The molecule has 2 N–H and O–H groups in total. The number of ether oxygens (including phenoxy) is 1. The molecule has 2 aromatic carbocycles. The smallest absolute Gasteiger partial charge is 0.236 e. The Morgan fingerprint density at radius 3 is 2.46 bits per heavy atom. The fourth-order valence-corrected chi connectivity index (χ4v) is 5.13. The van der Waals surface area contributed by atoms with Crippen LogP contribution in [0.5, 0.6) is 11.6 Å². The van der Waals surface area contributed by atoms with Crippen LogP contribution >= 0.6 is 11.6 Å². The Morgan fingerprint density at radius 2 is 1.79 bits per heavy atom. The molecule has 1 atom stereocenters. The first-order valence-corrected chi connectivity index (χ1v) is 13.3. The van der Waals surface area contributed by atoms with Crippen LogP contribution in [0.3, 0.4) is 0 Å². The number of hydrogen-bond acceptors (Lipinski definition) is 8. The van der Waals surface area contributed by atoms with E-state index in [0.717, 1.165) is 30.0 Å². The largest absolute Gasteiger partial charge is 0.506 e. The van der Waals surface area contributed by atoms with Gasteiger partial charge in [0.2, 0.25) is 17.7 Å². The highest BCUT2D eigenvalue weighted by molar-refractivity contribution is 6.32. The second kappa shape index (κ2) is 11.9. The van der Waals surface area contributed by atoms with E-state index in [1.54, 1.807) is 19.2 Å². The number of aromatic nitrogens is 2. The van der Waals surface area contributed by atoms with Crippen molar-refractivity contribution in [2.45, 2.75) is 6.42 Å². The number of halogens is 1. The number of hydrogen-bond donors (Lipinski definition) is 2. The maximum absolute atomic E-state index is 13.0. The summed E-state index contributed by atoms with van der Waals surface area (Å²) < 4.78 is 5.07. The number of aromatic hydroxyl groups is 1. The van der Waals surface area contributed by atoms with Gasteiger partial charge >= 0.3 is 0 Å². The van der Waals surface area contributed by atoms with E-state index in [1.165, 1.54) is 12.1 Å². The third kappa shape index (κ3) is 6.40. The van der Waals surface area contributed by atoms with Gasteiger partial charge in [0.15, 0.2) is 0 Å². The van der Waals surface area contributed by atoms with Gasteiger partial charge in [0.1, 0.15) is 5.75 Å². The van der Waals surface area contributed by atoms with E-state index in [1.807, 2.05) is 28.0 Å². The number of nitrogens with one attached hydrogen (secondary N) is 1. The number of nitrogens with zero attached hydrogens (tertiary/aromatic N) is 5. The van der Waals surface area contributed by atoms with E-state index in [9.17, 15) is 14.7 Å². The van der Waals surface area contributed by atoms with Crippen LogP contribution in [-0.2, 0) is 9.59 Å². The van der Waals surface area contributed by atoms with E-state index in [-0.39, 0.29) is 28.5 Å². The summed E-state index contributed by atoms with van der Waals surface area (Å²) in [6, 6.07) is 16.4. The zero-order valence-corrected chi connectivity index (χ0v) is 22.5. The molecule has 1 aromatic heterocycles. The van der Waals surface area contributed by atoms with Gasteiger partial charge in [-0.3, -0.25) is 14.5 Å². The van der Waals surface area contributed by atoms with Gasteiger partial charge in [-0.05, 0) is 49.4 Å². The molecule has 0 aliphatic carbocycles. The predicted octanol–water partition coefficient (Wildman–Crippen LogP) is 3.12. The van der Waals surface area contributed by atoms with Crippen molar-refractivity contribution < 1.29 is 19.4 Å². The number of likely N-dealkylation sites (tertiary alicyclic amines) is 1. The second-order valence-electron chi connectivity index (χ2n) is 9.75. The Bertz CT molecular complexity index is 1310. The molecule has 2 aliphatic heterocycles. The van der Waals surface area contributed by atoms with Crippen molar-refractivity contribution in [2.75, 3.05) is 63.1 Å². The molecule has 0 bridgehead atoms. The summed E-state index contributed by atoms with van der Waals surface area (Å²) >= 11 is 5.93. The zero-order chi connectivity index (χ0) is 27.4. The molecule has 0 radical (unpaired) electrons. The summed E-state index contributed by atoms with van der Waals surface area (Å²) in [5.41, 5.74) is 3.41. The van der Waals surface area contributed by atoms with Crippen LogP contribution in [0.15, 0.2) is 54.6 Å². The van der Waals surface area contributed by atoms with Crippen molar-refractivity contribution in [3.8, 4) is 22.9 Å². The summed E-state index contributed by atoms with van der Waals surface area (Å²) in [7, 11) is 1.56. The summed E-state index contributed by atoms with van der Waals surface area (Å²) in [6.07, 6.45) is 0.691. The fraction of sp³-hybridized carbons (Fsp3) is 0.357. The SMILES string of the molecule is COc1ccc(-c2ccc(N3CCN(C(=O)CN4CC[C@@H](C(=O)Nc5ccc(O)c(Cl)c5)C4)CC3)cc2)nn1. The molecule has 0 spiro atoms. The number of carbonyl (C=O) groups is 2. The van der Waals surface area contributed by atoms with Gasteiger partial charge in [0.25, 0.3) is 0 Å². The minimum absolute atomic E-state index is 0.0287. The Labute approximate surface area is 232 Å². The maximum atomic E-state index is 13.0. The molecule has 2 aliphatic rings. The minimum Gasteiger partial charge on any atom is -0.506 e. The van der Waals surface area contributed by atoms with Crippen LogP contribution in [-0.4, -0.2) is 89.8 Å². The molecule has 2 saturated heterocycles. The first-order valence-electron chi connectivity index (χ1n) is 12.9. The molecule has 2 fully saturated rings. The molecule has 11 heteroatoms. The lowest BCUT2D eigenvalue weighted by Gasteiger charge is -2.36. The number of methoxy groups -OCH3 is 1. The van der Waals surface area contributed by atoms with E-state index in [2.05, 4.69) is 32.5 Å². The molecule has 0 unspecified atom stereocenters. The molecule has 2 amide bonds. The van der Waals surface area contributed by atoms with Gasteiger partial charge < -0.3 is 25.0 Å². The monoisotopic (exact) mass is 550 g/mol. The Kier molecular flexibility index (Phi) is 8.13. The number of anilines is 2. The van der Waals surface area contributed by atoms with Crippen LogP contribution in [0.2, 0.25) is 5.02 Å². The van der Waals surface area contributed by atoms with Gasteiger partial charge in [0.05, 0.1) is 30.3 Å². The van der Waals surface area contributed by atoms with Crippen LogP contribution in [0.4, 0.5) is 11.4 Å². The number of phenolic OH excluding ortho intramolecular Hbond substituents is 1. The Hall–Kier alpha value is -3.89. The number of carbonyl (C=O) groups excluding carboxylic acids is 2. The number of rotatable bonds is 7.